The number of amides is 2. The highest BCUT2D eigenvalue weighted by Crippen LogP contribution is 2.36. The monoisotopic (exact) mass is 613 g/mol. The maximum Gasteiger partial charge on any atom is 0.417 e. The van der Waals surface area contributed by atoms with E-state index in [2.05, 4.69) is 20.9 Å². The highest BCUT2D eigenvalue weighted by molar-refractivity contribution is 6.07. The van der Waals surface area contributed by atoms with E-state index >= 15 is 4.39 Å². The molecule has 44 heavy (non-hydrogen) atoms. The number of pyridine rings is 1. The molecule has 1 aliphatic carbocycles. The van der Waals surface area contributed by atoms with E-state index in [1.165, 1.54) is 24.3 Å². The van der Waals surface area contributed by atoms with E-state index in [4.69, 9.17) is 0 Å². The number of hydrogen-bond acceptors (Lipinski definition) is 5. The molecule has 0 spiro atoms. The summed E-state index contributed by atoms with van der Waals surface area (Å²) in [5, 5.41) is 9.01. The van der Waals surface area contributed by atoms with Gasteiger partial charge < -0.3 is 25.8 Å². The number of nitrogens with one attached hydrogen (secondary N) is 4. The number of piperazine rings is 1. The van der Waals surface area contributed by atoms with Crippen LogP contribution in [0.4, 0.5) is 28.9 Å². The van der Waals surface area contributed by atoms with Gasteiger partial charge in [0.25, 0.3) is 11.8 Å². The van der Waals surface area contributed by atoms with Crippen LogP contribution in [0.5, 0.6) is 0 Å². The molecule has 234 valence electrons. The molecule has 12 heteroatoms. The minimum absolute atomic E-state index is 0.0594. The molecule has 0 bridgehead atoms. The summed E-state index contributed by atoms with van der Waals surface area (Å²) in [7, 11) is 0. The molecule has 1 saturated heterocycles. The zero-order chi connectivity index (χ0) is 31.6. The van der Waals surface area contributed by atoms with E-state index in [0.717, 1.165) is 38.3 Å². The van der Waals surface area contributed by atoms with E-state index in [-0.39, 0.29) is 40.8 Å². The number of halogens is 4. The van der Waals surface area contributed by atoms with Crippen LogP contribution in [0.25, 0.3) is 11.1 Å². The first-order chi connectivity index (χ1) is 20.9. The number of alkyl halides is 3. The zero-order valence-electron chi connectivity index (χ0n) is 24.5. The highest BCUT2D eigenvalue weighted by atomic mass is 19.4. The topological polar surface area (TPSA) is 106 Å². The van der Waals surface area contributed by atoms with Crippen LogP contribution in [-0.4, -0.2) is 48.0 Å². The molecule has 4 N–H and O–H groups in total. The van der Waals surface area contributed by atoms with Crippen molar-refractivity contribution in [1.82, 2.24) is 15.6 Å². The van der Waals surface area contributed by atoms with Crippen LogP contribution < -0.4 is 26.4 Å². The van der Waals surface area contributed by atoms with Crippen LogP contribution in [0.3, 0.4) is 0 Å². The van der Waals surface area contributed by atoms with Gasteiger partial charge in [0.2, 0.25) is 5.56 Å². The van der Waals surface area contributed by atoms with Gasteiger partial charge in [0, 0.05) is 54.6 Å². The quantitative estimate of drug-likeness (QED) is 0.267. The van der Waals surface area contributed by atoms with E-state index in [0.29, 0.717) is 30.4 Å². The smallest absolute Gasteiger partial charge is 0.367 e. The van der Waals surface area contributed by atoms with Crippen molar-refractivity contribution in [2.45, 2.75) is 70.3 Å². The van der Waals surface area contributed by atoms with Crippen molar-refractivity contribution >= 4 is 23.2 Å². The SMILES string of the molecule is CC1CN(c2ccc(-c3cc(C(=O)NC4CCCCC4)ccc3F)cc2NC(=O)c2c[nH]c(=O)cc2C(F)(F)F)CC(C)N1. The maximum absolute atomic E-state index is 15.2. The molecule has 8 nitrogen and oxygen atoms in total. The van der Waals surface area contributed by atoms with E-state index < -0.39 is 34.6 Å². The number of nitrogens with zero attached hydrogens (tertiary/aromatic N) is 1. The average Bonchev–Trinajstić information content (AvgIpc) is 2.97. The minimum atomic E-state index is -4.95. The van der Waals surface area contributed by atoms with Crippen LogP contribution in [0, 0.1) is 5.82 Å². The second-order valence-corrected chi connectivity index (χ2v) is 11.7. The third-order valence-electron chi connectivity index (χ3n) is 8.10. The Morgan fingerprint density at radius 3 is 2.32 bits per heavy atom. The molecule has 2 amide bonds. The molecule has 2 heterocycles. The Morgan fingerprint density at radius 1 is 0.932 bits per heavy atom. The minimum Gasteiger partial charge on any atom is -0.367 e. The van der Waals surface area contributed by atoms with Crippen molar-refractivity contribution in [2.75, 3.05) is 23.3 Å². The van der Waals surface area contributed by atoms with Gasteiger partial charge in [-0.15, -0.1) is 0 Å². The summed E-state index contributed by atoms with van der Waals surface area (Å²) in [5.41, 5.74) is -1.74. The predicted molar refractivity (Wildman–Crippen MR) is 160 cm³/mol. The third-order valence-corrected chi connectivity index (χ3v) is 8.10. The van der Waals surface area contributed by atoms with Gasteiger partial charge in [-0.05, 0) is 62.6 Å². The van der Waals surface area contributed by atoms with Gasteiger partial charge in [0.05, 0.1) is 22.5 Å². The van der Waals surface area contributed by atoms with Gasteiger partial charge in [-0.25, -0.2) is 4.39 Å². The molecule has 2 unspecified atom stereocenters. The van der Waals surface area contributed by atoms with Crippen molar-refractivity contribution in [2.24, 2.45) is 0 Å². The molecule has 0 radical (unpaired) electrons. The number of aromatic amines is 1. The first-order valence-electron chi connectivity index (χ1n) is 14.8. The fourth-order valence-corrected chi connectivity index (χ4v) is 6.09. The van der Waals surface area contributed by atoms with Crippen molar-refractivity contribution in [3.8, 4) is 11.1 Å². The van der Waals surface area contributed by atoms with Gasteiger partial charge in [-0.2, -0.15) is 13.2 Å². The zero-order valence-corrected chi connectivity index (χ0v) is 24.5. The largest absolute Gasteiger partial charge is 0.417 e. The summed E-state index contributed by atoms with van der Waals surface area (Å²) in [6.07, 6.45) is 0.762. The van der Waals surface area contributed by atoms with E-state index in [1.807, 2.05) is 18.7 Å². The normalized spacial score (nSPS) is 19.5. The summed E-state index contributed by atoms with van der Waals surface area (Å²) in [6, 6.07) is 9.43. The van der Waals surface area contributed by atoms with Crippen molar-refractivity contribution in [3.63, 3.8) is 0 Å². The Morgan fingerprint density at radius 2 is 1.64 bits per heavy atom. The lowest BCUT2D eigenvalue weighted by molar-refractivity contribution is -0.138. The molecule has 2 atom stereocenters. The lowest BCUT2D eigenvalue weighted by atomic mass is 9.95. The second-order valence-electron chi connectivity index (χ2n) is 11.7. The first-order valence-corrected chi connectivity index (χ1v) is 14.8. The molecule has 2 fully saturated rings. The lowest BCUT2D eigenvalue weighted by Crippen LogP contribution is -2.54. The molecular weight excluding hydrogens is 578 g/mol. The number of hydrogen-bond donors (Lipinski definition) is 4. The van der Waals surface area contributed by atoms with Gasteiger partial charge >= 0.3 is 6.18 Å². The Balaban J connectivity index is 1.52. The summed E-state index contributed by atoms with van der Waals surface area (Å²) in [6.45, 7) is 5.07. The van der Waals surface area contributed by atoms with Crippen molar-refractivity contribution in [1.29, 1.82) is 0 Å². The Kier molecular flexibility index (Phi) is 9.10. The first kappa shape index (κ1) is 31.2. The van der Waals surface area contributed by atoms with Gasteiger partial charge in [0.15, 0.2) is 0 Å². The molecular formula is C32H35F4N5O3. The Bertz CT molecular complexity index is 1590. The summed E-state index contributed by atoms with van der Waals surface area (Å²) < 4.78 is 56.4. The number of carbonyl (C=O) groups excluding carboxylic acids is 2. The highest BCUT2D eigenvalue weighted by Gasteiger charge is 2.36. The van der Waals surface area contributed by atoms with Gasteiger partial charge in [-0.3, -0.25) is 14.4 Å². The average molecular weight is 614 g/mol. The van der Waals surface area contributed by atoms with Crippen LogP contribution in [0.2, 0.25) is 0 Å². The van der Waals surface area contributed by atoms with Crippen LogP contribution in [0.15, 0.2) is 53.5 Å². The molecule has 2 aliphatic rings. The molecule has 2 aromatic carbocycles. The number of benzene rings is 2. The van der Waals surface area contributed by atoms with Gasteiger partial charge in [-0.1, -0.05) is 25.3 Å². The Hall–Kier alpha value is -4.19. The fourth-order valence-electron chi connectivity index (χ4n) is 6.09. The number of H-pyrrole nitrogens is 1. The van der Waals surface area contributed by atoms with Crippen LogP contribution in [0.1, 0.15) is 72.2 Å². The third kappa shape index (κ3) is 7.12. The van der Waals surface area contributed by atoms with E-state index in [9.17, 15) is 27.6 Å². The second kappa shape index (κ2) is 12.8. The lowest BCUT2D eigenvalue weighted by Gasteiger charge is -2.38. The summed E-state index contributed by atoms with van der Waals surface area (Å²) >= 11 is 0. The Labute approximate surface area is 252 Å². The standard InChI is InChI=1S/C32H35F4N5O3/c1-18-16-41(17-19(2)38-18)28-11-9-20(13-27(28)40-31(44)24-15-37-29(42)14-25(24)32(34,35)36)23-12-21(8-10-26(23)33)30(43)39-22-6-4-3-5-7-22/h8-15,18-19,22,38H,3-7,16-17H2,1-2H3,(H,37,42)(H,39,43)(H,40,44). The maximum atomic E-state index is 15.2. The van der Waals surface area contributed by atoms with Crippen molar-refractivity contribution < 1.29 is 27.2 Å². The number of carbonyl (C=O) groups is 2. The molecule has 1 aliphatic heterocycles. The molecule has 1 saturated carbocycles. The molecule has 5 rings (SSSR count). The van der Waals surface area contributed by atoms with Crippen molar-refractivity contribution in [3.05, 3.63) is 81.5 Å². The summed E-state index contributed by atoms with van der Waals surface area (Å²) in [4.78, 5) is 42.1. The van der Waals surface area contributed by atoms with Gasteiger partial charge in [0.1, 0.15) is 5.82 Å². The van der Waals surface area contributed by atoms with E-state index in [1.54, 1.807) is 12.1 Å². The number of anilines is 2. The number of rotatable bonds is 6. The number of aromatic nitrogens is 1. The van der Waals surface area contributed by atoms with Crippen LogP contribution >= 0.6 is 0 Å². The fraction of sp³-hybridized carbons (Fsp3) is 0.406. The predicted octanol–water partition coefficient (Wildman–Crippen LogP) is 5.70. The van der Waals surface area contributed by atoms with Crippen LogP contribution in [-0.2, 0) is 6.18 Å². The summed E-state index contributed by atoms with van der Waals surface area (Å²) in [5.74, 6) is -2.01. The molecule has 1 aromatic heterocycles. The molecule has 3 aromatic rings.